The number of hydrogen-bond acceptors (Lipinski definition) is 0. The topological polar surface area (TPSA) is 0 Å². The summed E-state index contributed by atoms with van der Waals surface area (Å²) in [6.07, 6.45) is -0.604. The second-order valence-electron chi connectivity index (χ2n) is 3.13. The van der Waals surface area contributed by atoms with Crippen LogP contribution in [0, 0.1) is 0 Å². The highest BCUT2D eigenvalue weighted by Crippen LogP contribution is 2.38. The number of fused-ring (bicyclic) bond motifs is 1. The average molecular weight is 219 g/mol. The van der Waals surface area contributed by atoms with Crippen molar-refractivity contribution in [2.75, 3.05) is 0 Å². The Morgan fingerprint density at radius 2 is 1.93 bits per heavy atom. The van der Waals surface area contributed by atoms with Crippen molar-refractivity contribution in [3.05, 3.63) is 39.9 Å². The number of benzene rings is 1. The molecule has 1 aliphatic carbocycles. The SMILES string of the molecule is FC(F)(F)c1cc(Cl)cc2c1C=CC2. The Labute approximate surface area is 84.0 Å². The van der Waals surface area contributed by atoms with Gasteiger partial charge in [-0.1, -0.05) is 23.8 Å². The van der Waals surface area contributed by atoms with Crippen molar-refractivity contribution in [3.8, 4) is 0 Å². The van der Waals surface area contributed by atoms with E-state index in [4.69, 9.17) is 11.6 Å². The molecule has 0 nitrogen and oxygen atoms in total. The maximum atomic E-state index is 12.5. The van der Waals surface area contributed by atoms with Gasteiger partial charge in [0.25, 0.3) is 0 Å². The first-order chi connectivity index (χ1) is 6.48. The number of hydrogen-bond donors (Lipinski definition) is 0. The first-order valence-corrected chi connectivity index (χ1v) is 4.42. The molecule has 1 aromatic carbocycles. The van der Waals surface area contributed by atoms with Gasteiger partial charge in [0.2, 0.25) is 0 Å². The molecule has 0 atom stereocenters. The fourth-order valence-electron chi connectivity index (χ4n) is 1.58. The van der Waals surface area contributed by atoms with E-state index >= 15 is 0 Å². The van der Waals surface area contributed by atoms with Crippen LogP contribution in [-0.2, 0) is 12.6 Å². The van der Waals surface area contributed by atoms with Gasteiger partial charge in [0.1, 0.15) is 0 Å². The number of rotatable bonds is 0. The van der Waals surface area contributed by atoms with Gasteiger partial charge in [-0.15, -0.1) is 0 Å². The lowest BCUT2D eigenvalue weighted by Crippen LogP contribution is -2.08. The molecule has 0 fully saturated rings. The molecule has 0 radical (unpaired) electrons. The van der Waals surface area contributed by atoms with E-state index in [2.05, 4.69) is 0 Å². The quantitative estimate of drug-likeness (QED) is 0.619. The van der Waals surface area contributed by atoms with E-state index in [-0.39, 0.29) is 10.6 Å². The van der Waals surface area contributed by atoms with Gasteiger partial charge in [-0.3, -0.25) is 0 Å². The predicted octanol–water partition coefficient (Wildman–Crippen LogP) is 3.93. The summed E-state index contributed by atoms with van der Waals surface area (Å²) in [5.74, 6) is 0. The Morgan fingerprint density at radius 1 is 1.21 bits per heavy atom. The summed E-state index contributed by atoms with van der Waals surface area (Å²) in [4.78, 5) is 0. The minimum Gasteiger partial charge on any atom is -0.166 e. The highest BCUT2D eigenvalue weighted by atomic mass is 35.5. The molecule has 0 aliphatic heterocycles. The van der Waals surface area contributed by atoms with Crippen LogP contribution in [-0.4, -0.2) is 0 Å². The van der Waals surface area contributed by atoms with Gasteiger partial charge in [0.15, 0.2) is 0 Å². The zero-order valence-corrected chi connectivity index (χ0v) is 7.78. The lowest BCUT2D eigenvalue weighted by Gasteiger charge is -2.11. The molecule has 1 aromatic rings. The standard InChI is InChI=1S/C10H6ClF3/c11-7-4-6-2-1-3-8(6)9(5-7)10(12,13)14/h1,3-5H,2H2. The van der Waals surface area contributed by atoms with Gasteiger partial charge in [-0.25, -0.2) is 0 Å². The van der Waals surface area contributed by atoms with Crippen LogP contribution in [0.5, 0.6) is 0 Å². The summed E-state index contributed by atoms with van der Waals surface area (Å²) < 4.78 is 37.6. The summed E-state index contributed by atoms with van der Waals surface area (Å²) in [6.45, 7) is 0. The fourth-order valence-corrected chi connectivity index (χ4v) is 1.82. The number of alkyl halides is 3. The van der Waals surface area contributed by atoms with E-state index in [1.807, 2.05) is 0 Å². The van der Waals surface area contributed by atoms with Crippen molar-refractivity contribution >= 4 is 17.7 Å². The summed E-state index contributed by atoms with van der Waals surface area (Å²) in [6, 6.07) is 2.54. The third-order valence-electron chi connectivity index (χ3n) is 2.16. The molecule has 0 spiro atoms. The average Bonchev–Trinajstić information content (AvgIpc) is 2.47. The molecule has 0 saturated carbocycles. The largest absolute Gasteiger partial charge is 0.417 e. The molecule has 0 saturated heterocycles. The predicted molar refractivity (Wildman–Crippen MR) is 49.2 cm³/mol. The highest BCUT2D eigenvalue weighted by molar-refractivity contribution is 6.30. The van der Waals surface area contributed by atoms with Gasteiger partial charge >= 0.3 is 6.18 Å². The summed E-state index contributed by atoms with van der Waals surface area (Å²) in [5.41, 5.74) is 0.250. The Hall–Kier alpha value is -0.960. The van der Waals surface area contributed by atoms with Crippen LogP contribution in [0.2, 0.25) is 5.02 Å². The smallest absolute Gasteiger partial charge is 0.166 e. The van der Waals surface area contributed by atoms with E-state index in [9.17, 15) is 13.2 Å². The molecule has 0 amide bonds. The van der Waals surface area contributed by atoms with Crippen molar-refractivity contribution < 1.29 is 13.2 Å². The Morgan fingerprint density at radius 3 is 2.57 bits per heavy atom. The van der Waals surface area contributed by atoms with Crippen LogP contribution in [0.4, 0.5) is 13.2 Å². The van der Waals surface area contributed by atoms with E-state index in [1.165, 1.54) is 6.08 Å². The first kappa shape index (κ1) is 9.59. The third-order valence-corrected chi connectivity index (χ3v) is 2.38. The molecule has 14 heavy (non-hydrogen) atoms. The minimum absolute atomic E-state index is 0.139. The van der Waals surface area contributed by atoms with E-state index in [0.29, 0.717) is 12.0 Å². The summed E-state index contributed by atoms with van der Waals surface area (Å²) in [5, 5.41) is 0.139. The number of allylic oxidation sites excluding steroid dienone is 1. The Kier molecular flexibility index (Phi) is 2.07. The third kappa shape index (κ3) is 1.52. The maximum Gasteiger partial charge on any atom is 0.417 e. The van der Waals surface area contributed by atoms with Crippen molar-refractivity contribution in [1.29, 1.82) is 0 Å². The van der Waals surface area contributed by atoms with Crippen LogP contribution in [0.3, 0.4) is 0 Å². The van der Waals surface area contributed by atoms with Crippen molar-refractivity contribution in [2.24, 2.45) is 0 Å². The number of halogens is 4. The van der Waals surface area contributed by atoms with Crippen LogP contribution in [0.25, 0.3) is 6.08 Å². The molecule has 4 heteroatoms. The Balaban J connectivity index is 2.65. The van der Waals surface area contributed by atoms with Gasteiger partial charge in [-0.2, -0.15) is 13.2 Å². The zero-order chi connectivity index (χ0) is 10.3. The highest BCUT2D eigenvalue weighted by Gasteiger charge is 2.34. The second-order valence-corrected chi connectivity index (χ2v) is 3.57. The molecule has 0 unspecified atom stereocenters. The normalized spacial score (nSPS) is 14.6. The molecule has 2 rings (SSSR count). The molecule has 0 heterocycles. The van der Waals surface area contributed by atoms with Crippen LogP contribution >= 0.6 is 11.6 Å². The lowest BCUT2D eigenvalue weighted by atomic mass is 10.0. The second kappa shape index (κ2) is 3.02. The fraction of sp³-hybridized carbons (Fsp3) is 0.200. The van der Waals surface area contributed by atoms with E-state index < -0.39 is 11.7 Å². The van der Waals surface area contributed by atoms with Gasteiger partial charge < -0.3 is 0 Å². The van der Waals surface area contributed by atoms with Gasteiger partial charge in [0.05, 0.1) is 5.56 Å². The molecule has 0 N–H and O–H groups in total. The van der Waals surface area contributed by atoms with E-state index in [1.54, 1.807) is 12.1 Å². The molecule has 74 valence electrons. The van der Waals surface area contributed by atoms with Gasteiger partial charge in [0, 0.05) is 5.02 Å². The van der Waals surface area contributed by atoms with Crippen LogP contribution in [0.15, 0.2) is 18.2 Å². The summed E-state index contributed by atoms with van der Waals surface area (Å²) >= 11 is 5.61. The lowest BCUT2D eigenvalue weighted by molar-refractivity contribution is -0.137. The minimum atomic E-state index is -4.33. The molecule has 1 aliphatic rings. The maximum absolute atomic E-state index is 12.5. The molecular formula is C10H6ClF3. The summed E-state index contributed by atoms with van der Waals surface area (Å²) in [7, 11) is 0. The van der Waals surface area contributed by atoms with Crippen LogP contribution < -0.4 is 0 Å². The molecule has 0 bridgehead atoms. The van der Waals surface area contributed by atoms with Gasteiger partial charge in [-0.05, 0) is 29.7 Å². The van der Waals surface area contributed by atoms with Crippen molar-refractivity contribution in [1.82, 2.24) is 0 Å². The monoisotopic (exact) mass is 218 g/mol. The Bertz CT molecular complexity index is 405. The molecular weight excluding hydrogens is 213 g/mol. The van der Waals surface area contributed by atoms with E-state index in [0.717, 1.165) is 6.07 Å². The molecule has 0 aromatic heterocycles. The van der Waals surface area contributed by atoms with Crippen molar-refractivity contribution in [2.45, 2.75) is 12.6 Å². The van der Waals surface area contributed by atoms with Crippen molar-refractivity contribution in [3.63, 3.8) is 0 Å². The first-order valence-electron chi connectivity index (χ1n) is 4.04. The zero-order valence-electron chi connectivity index (χ0n) is 7.03. The van der Waals surface area contributed by atoms with Crippen LogP contribution in [0.1, 0.15) is 16.7 Å².